The van der Waals surface area contributed by atoms with Gasteiger partial charge in [0.15, 0.2) is 4.67 Å². The van der Waals surface area contributed by atoms with E-state index in [1.807, 2.05) is 26.8 Å². The van der Waals surface area contributed by atoms with Gasteiger partial charge in [-0.3, -0.25) is 0 Å². The van der Waals surface area contributed by atoms with Gasteiger partial charge in [-0.1, -0.05) is 13.8 Å². The van der Waals surface area contributed by atoms with Crippen LogP contribution in [0.4, 0.5) is 4.79 Å². The fourth-order valence-corrected chi connectivity index (χ4v) is 2.78. The molecule has 0 saturated carbocycles. The summed E-state index contributed by atoms with van der Waals surface area (Å²) < 4.78 is 12.4. The van der Waals surface area contributed by atoms with Crippen molar-refractivity contribution >= 4 is 38.0 Å². The van der Waals surface area contributed by atoms with Crippen molar-refractivity contribution in [3.8, 4) is 0 Å². The summed E-state index contributed by atoms with van der Waals surface area (Å²) in [5.74, 6) is 0.826. The molecule has 0 spiro atoms. The lowest BCUT2D eigenvalue weighted by atomic mass is 9.92. The zero-order valence-corrected chi connectivity index (χ0v) is 17.6. The van der Waals surface area contributed by atoms with E-state index < -0.39 is 11.7 Å². The van der Waals surface area contributed by atoms with Gasteiger partial charge in [-0.2, -0.15) is 0 Å². The van der Waals surface area contributed by atoms with E-state index in [1.54, 1.807) is 0 Å². The van der Waals surface area contributed by atoms with Crippen molar-refractivity contribution in [1.29, 1.82) is 0 Å². The second-order valence-electron chi connectivity index (χ2n) is 6.53. The third-order valence-corrected chi connectivity index (χ3v) is 5.37. The summed E-state index contributed by atoms with van der Waals surface area (Å²) >= 11 is 6.74. The molecule has 0 radical (unpaired) electrons. The Bertz CT molecular complexity index is 500. The van der Waals surface area contributed by atoms with E-state index in [9.17, 15) is 4.79 Å². The maximum absolute atomic E-state index is 11.9. The molecule has 5 nitrogen and oxygen atoms in total. The van der Waals surface area contributed by atoms with Crippen molar-refractivity contribution in [3.63, 3.8) is 0 Å². The van der Waals surface area contributed by atoms with E-state index in [4.69, 9.17) is 9.15 Å². The van der Waals surface area contributed by atoms with Crippen molar-refractivity contribution < 1.29 is 13.9 Å². The highest BCUT2D eigenvalue weighted by Crippen LogP contribution is 2.27. The van der Waals surface area contributed by atoms with Gasteiger partial charge in [0.05, 0.1) is 11.0 Å². The van der Waals surface area contributed by atoms with E-state index >= 15 is 0 Å². The first-order valence-electron chi connectivity index (χ1n) is 7.76. The van der Waals surface area contributed by atoms with Crippen molar-refractivity contribution in [1.82, 2.24) is 10.6 Å². The molecular weight excluding hydrogens is 428 g/mol. The topological polar surface area (TPSA) is 63.5 Å². The van der Waals surface area contributed by atoms with Crippen molar-refractivity contribution in [2.24, 2.45) is 0 Å². The predicted octanol–water partition coefficient (Wildman–Crippen LogP) is 4.98. The van der Waals surface area contributed by atoms with Gasteiger partial charge in [0.1, 0.15) is 11.4 Å². The van der Waals surface area contributed by atoms with E-state index in [1.165, 1.54) is 0 Å². The molecule has 0 unspecified atom stereocenters. The number of ether oxygens (including phenoxy) is 1. The van der Waals surface area contributed by atoms with Crippen LogP contribution >= 0.6 is 31.9 Å². The Hall–Kier alpha value is -0.530. The van der Waals surface area contributed by atoms with E-state index in [0.717, 1.165) is 23.1 Å². The highest BCUT2D eigenvalue weighted by molar-refractivity contribution is 9.13. The average molecular weight is 454 g/mol. The number of halogens is 2. The van der Waals surface area contributed by atoms with Crippen LogP contribution in [0.5, 0.6) is 0 Å². The van der Waals surface area contributed by atoms with Crippen molar-refractivity contribution in [2.75, 3.05) is 6.54 Å². The molecule has 2 N–H and O–H groups in total. The Kier molecular flexibility index (Phi) is 7.61. The molecule has 0 aromatic carbocycles. The maximum atomic E-state index is 11.9. The first kappa shape index (κ1) is 20.5. The molecule has 7 heteroatoms. The first-order chi connectivity index (χ1) is 10.6. The first-order valence-corrected chi connectivity index (χ1v) is 9.35. The number of hydrogen-bond acceptors (Lipinski definition) is 4. The molecule has 1 rings (SSSR count). The lowest BCUT2D eigenvalue weighted by molar-refractivity contribution is 0.0506. The Morgan fingerprint density at radius 2 is 1.87 bits per heavy atom. The van der Waals surface area contributed by atoms with Gasteiger partial charge in [0, 0.05) is 12.1 Å². The molecule has 0 aliphatic carbocycles. The molecule has 1 aromatic heterocycles. The lowest BCUT2D eigenvalue weighted by Crippen LogP contribution is -2.53. The molecule has 1 aromatic rings. The third kappa shape index (κ3) is 6.85. The second-order valence-corrected chi connectivity index (χ2v) is 8.11. The fourth-order valence-electron chi connectivity index (χ4n) is 2.12. The third-order valence-electron chi connectivity index (χ3n) is 3.66. The van der Waals surface area contributed by atoms with Gasteiger partial charge in [0.25, 0.3) is 0 Å². The monoisotopic (exact) mass is 452 g/mol. The average Bonchev–Trinajstić information content (AvgIpc) is 2.77. The summed E-state index contributed by atoms with van der Waals surface area (Å²) in [6, 6.07) is 1.93. The van der Waals surface area contributed by atoms with Crippen LogP contribution in [0.15, 0.2) is 19.6 Å². The van der Waals surface area contributed by atoms with Crippen LogP contribution in [0.1, 0.15) is 53.2 Å². The summed E-state index contributed by atoms with van der Waals surface area (Å²) in [5, 5.41) is 6.36. The summed E-state index contributed by atoms with van der Waals surface area (Å²) in [6.07, 6.45) is 1.36. The lowest BCUT2D eigenvalue weighted by Gasteiger charge is -2.33. The van der Waals surface area contributed by atoms with Crippen LogP contribution in [-0.4, -0.2) is 23.8 Å². The molecule has 1 heterocycles. The zero-order chi connectivity index (χ0) is 17.7. The van der Waals surface area contributed by atoms with Crippen LogP contribution in [0.3, 0.4) is 0 Å². The molecule has 0 aliphatic rings. The van der Waals surface area contributed by atoms with Crippen LogP contribution in [0.25, 0.3) is 0 Å². The molecule has 132 valence electrons. The van der Waals surface area contributed by atoms with Crippen molar-refractivity contribution in [3.05, 3.63) is 21.0 Å². The van der Waals surface area contributed by atoms with Gasteiger partial charge in [-0.15, -0.1) is 0 Å². The minimum Gasteiger partial charge on any atom is -0.452 e. The standard InChI is InChI=1S/C16H26Br2N2O3/c1-6-16(7-2,10-19-14(21)23-15(3,4)5)20-9-11-8-12(17)13(18)22-11/h8,20H,6-7,9-10H2,1-5H3,(H,19,21). The predicted molar refractivity (Wildman–Crippen MR) is 98.5 cm³/mol. The van der Waals surface area contributed by atoms with Crippen molar-refractivity contribution in [2.45, 2.75) is 65.1 Å². The van der Waals surface area contributed by atoms with Gasteiger partial charge in [0.2, 0.25) is 0 Å². The number of furan rings is 1. The molecule has 23 heavy (non-hydrogen) atoms. The van der Waals surface area contributed by atoms with Crippen LogP contribution in [0.2, 0.25) is 0 Å². The maximum Gasteiger partial charge on any atom is 0.407 e. The number of nitrogens with one attached hydrogen (secondary N) is 2. The summed E-state index contributed by atoms with van der Waals surface area (Å²) in [7, 11) is 0. The largest absolute Gasteiger partial charge is 0.452 e. The molecule has 0 fully saturated rings. The Morgan fingerprint density at radius 3 is 2.30 bits per heavy atom. The van der Waals surface area contributed by atoms with Crippen LogP contribution in [-0.2, 0) is 11.3 Å². The summed E-state index contributed by atoms with van der Waals surface area (Å²) in [6.45, 7) is 10.8. The minimum absolute atomic E-state index is 0.206. The molecule has 1 amide bonds. The number of hydrogen-bond donors (Lipinski definition) is 2. The Labute approximate surface area is 155 Å². The second kappa shape index (κ2) is 8.53. The van der Waals surface area contributed by atoms with Gasteiger partial charge in [-0.25, -0.2) is 4.79 Å². The van der Waals surface area contributed by atoms with Crippen LogP contribution in [0, 0.1) is 0 Å². The molecule has 0 aliphatic heterocycles. The molecular formula is C16H26Br2N2O3. The Balaban J connectivity index is 2.62. The fraction of sp³-hybridized carbons (Fsp3) is 0.688. The van der Waals surface area contributed by atoms with E-state index in [0.29, 0.717) is 17.8 Å². The van der Waals surface area contributed by atoms with E-state index in [2.05, 4.69) is 56.3 Å². The van der Waals surface area contributed by atoms with E-state index in [-0.39, 0.29) is 5.54 Å². The number of carbonyl (C=O) groups excluding carboxylic acids is 1. The molecule has 0 atom stereocenters. The smallest absolute Gasteiger partial charge is 0.407 e. The summed E-state index contributed by atoms with van der Waals surface area (Å²) in [4.78, 5) is 11.9. The molecule has 0 saturated heterocycles. The molecule has 0 bridgehead atoms. The van der Waals surface area contributed by atoms with Crippen LogP contribution < -0.4 is 10.6 Å². The quantitative estimate of drug-likeness (QED) is 0.611. The highest BCUT2D eigenvalue weighted by Gasteiger charge is 2.27. The van der Waals surface area contributed by atoms with Gasteiger partial charge < -0.3 is 19.8 Å². The number of amides is 1. The minimum atomic E-state index is -0.495. The normalized spacial score (nSPS) is 12.3. The van der Waals surface area contributed by atoms with Gasteiger partial charge in [-0.05, 0) is 71.5 Å². The van der Waals surface area contributed by atoms with Gasteiger partial charge >= 0.3 is 6.09 Å². The highest BCUT2D eigenvalue weighted by atomic mass is 79.9. The SMILES string of the molecule is CCC(CC)(CNC(=O)OC(C)(C)C)NCc1cc(Br)c(Br)o1. The number of alkyl carbamates (subject to hydrolysis) is 1. The summed E-state index contributed by atoms with van der Waals surface area (Å²) in [5.41, 5.74) is -0.700. The zero-order valence-electron chi connectivity index (χ0n) is 14.4. The Morgan fingerprint density at radius 1 is 1.26 bits per heavy atom. The number of carbonyl (C=O) groups is 1. The number of rotatable bonds is 7.